The van der Waals surface area contributed by atoms with Gasteiger partial charge >= 0.3 is 12.2 Å². The van der Waals surface area contributed by atoms with Crippen LogP contribution in [0.5, 0.6) is 5.75 Å². The third-order valence-corrected chi connectivity index (χ3v) is 3.54. The number of halogens is 1. The number of carbonyl (C=O) groups excluding carboxylic acids is 2. The van der Waals surface area contributed by atoms with Gasteiger partial charge in [-0.1, -0.05) is 29.8 Å². The van der Waals surface area contributed by atoms with E-state index in [0.717, 1.165) is 4.57 Å². The first kappa shape index (κ1) is 17.8. The second kappa shape index (κ2) is 7.45. The molecular formula is C18H16ClN3O4. The van der Waals surface area contributed by atoms with Crippen LogP contribution in [0.25, 0.3) is 11.0 Å². The van der Waals surface area contributed by atoms with Gasteiger partial charge in [0.15, 0.2) is 0 Å². The molecule has 7 nitrogen and oxygen atoms in total. The summed E-state index contributed by atoms with van der Waals surface area (Å²) in [5, 5.41) is 2.91. The van der Waals surface area contributed by atoms with Crippen molar-refractivity contribution in [1.82, 2.24) is 9.55 Å². The summed E-state index contributed by atoms with van der Waals surface area (Å²) in [5.74, 6) is 0.278. The van der Waals surface area contributed by atoms with Crippen molar-refractivity contribution < 1.29 is 19.1 Å². The molecular weight excluding hydrogens is 358 g/mol. The van der Waals surface area contributed by atoms with Gasteiger partial charge in [0.1, 0.15) is 5.75 Å². The van der Waals surface area contributed by atoms with Crippen molar-refractivity contribution in [1.29, 1.82) is 0 Å². The second-order valence-electron chi connectivity index (χ2n) is 5.66. The fourth-order valence-electron chi connectivity index (χ4n) is 2.31. The number of anilines is 1. The van der Waals surface area contributed by atoms with Crippen LogP contribution in [0.2, 0.25) is 5.02 Å². The van der Waals surface area contributed by atoms with E-state index in [1.54, 1.807) is 56.3 Å². The first-order valence-corrected chi connectivity index (χ1v) is 8.24. The van der Waals surface area contributed by atoms with Crippen LogP contribution in [0.4, 0.5) is 15.5 Å². The summed E-state index contributed by atoms with van der Waals surface area (Å²) < 4.78 is 11.6. The molecule has 1 aromatic heterocycles. The number of nitrogens with one attached hydrogen (secondary N) is 1. The van der Waals surface area contributed by atoms with Gasteiger partial charge in [-0.05, 0) is 44.2 Å². The van der Waals surface area contributed by atoms with Gasteiger partial charge in [0.25, 0.3) is 0 Å². The van der Waals surface area contributed by atoms with Crippen molar-refractivity contribution in [3.8, 4) is 5.75 Å². The maximum absolute atomic E-state index is 12.7. The van der Waals surface area contributed by atoms with E-state index >= 15 is 0 Å². The average Bonchev–Trinajstić information content (AvgIpc) is 2.91. The number of hydrogen-bond acceptors (Lipinski definition) is 5. The van der Waals surface area contributed by atoms with Gasteiger partial charge in [0.2, 0.25) is 5.95 Å². The number of fused-ring (bicyclic) bond motifs is 1. The molecule has 0 aliphatic carbocycles. The maximum Gasteiger partial charge on any atom is 0.426 e. The number of aromatic nitrogens is 2. The van der Waals surface area contributed by atoms with Crippen molar-refractivity contribution >= 4 is 40.8 Å². The minimum atomic E-state index is -0.735. The summed E-state index contributed by atoms with van der Waals surface area (Å²) in [6.45, 7) is 3.44. The molecule has 0 fully saturated rings. The minimum absolute atomic E-state index is 0.00359. The highest BCUT2D eigenvalue weighted by atomic mass is 35.5. The van der Waals surface area contributed by atoms with Gasteiger partial charge in [-0.25, -0.2) is 19.1 Å². The third-order valence-electron chi connectivity index (χ3n) is 3.30. The molecule has 0 spiro atoms. The fraction of sp³-hybridized carbons (Fsp3) is 0.167. The van der Waals surface area contributed by atoms with E-state index in [1.807, 2.05) is 0 Å². The SMILES string of the molecule is CC(C)OC(=O)Nc1nc2ccccc2n1C(=O)Oc1cccc(Cl)c1. The smallest absolute Gasteiger partial charge is 0.426 e. The average molecular weight is 374 g/mol. The Morgan fingerprint density at radius 1 is 1.15 bits per heavy atom. The van der Waals surface area contributed by atoms with E-state index < -0.39 is 12.2 Å². The van der Waals surface area contributed by atoms with Crippen LogP contribution in [0.15, 0.2) is 48.5 Å². The van der Waals surface area contributed by atoms with Gasteiger partial charge in [0.05, 0.1) is 17.1 Å². The molecule has 0 atom stereocenters. The number of para-hydroxylation sites is 2. The first-order chi connectivity index (χ1) is 12.4. The molecule has 8 heteroatoms. The summed E-state index contributed by atoms with van der Waals surface area (Å²) in [4.78, 5) is 28.9. The van der Waals surface area contributed by atoms with Crippen molar-refractivity contribution in [2.45, 2.75) is 20.0 Å². The topological polar surface area (TPSA) is 82.5 Å². The number of benzene rings is 2. The largest absolute Gasteiger partial charge is 0.447 e. The highest BCUT2D eigenvalue weighted by Crippen LogP contribution is 2.23. The predicted octanol–water partition coefficient (Wildman–Crippen LogP) is 4.69. The molecule has 0 saturated heterocycles. The number of nitrogens with zero attached hydrogens (tertiary/aromatic N) is 2. The number of amides is 1. The number of hydrogen-bond donors (Lipinski definition) is 1. The summed E-state index contributed by atoms with van der Waals surface area (Å²) >= 11 is 5.91. The molecule has 1 amide bonds. The molecule has 0 unspecified atom stereocenters. The molecule has 3 aromatic rings. The van der Waals surface area contributed by atoms with Crippen LogP contribution in [-0.2, 0) is 4.74 Å². The lowest BCUT2D eigenvalue weighted by atomic mass is 10.3. The van der Waals surface area contributed by atoms with E-state index in [1.165, 1.54) is 6.07 Å². The van der Waals surface area contributed by atoms with Crippen LogP contribution in [0.1, 0.15) is 13.8 Å². The van der Waals surface area contributed by atoms with Crippen molar-refractivity contribution in [2.24, 2.45) is 0 Å². The number of carbonyl (C=O) groups is 2. The van der Waals surface area contributed by atoms with Crippen molar-refractivity contribution in [2.75, 3.05) is 5.32 Å². The summed E-state index contributed by atoms with van der Waals surface area (Å²) in [7, 11) is 0. The monoisotopic (exact) mass is 373 g/mol. The van der Waals surface area contributed by atoms with Crippen LogP contribution in [0.3, 0.4) is 0 Å². The Balaban J connectivity index is 1.95. The Bertz CT molecular complexity index is 968. The Kier molecular flexibility index (Phi) is 5.09. The molecule has 1 heterocycles. The predicted molar refractivity (Wildman–Crippen MR) is 97.8 cm³/mol. The van der Waals surface area contributed by atoms with Crippen LogP contribution in [0, 0.1) is 0 Å². The lowest BCUT2D eigenvalue weighted by Crippen LogP contribution is -2.24. The zero-order valence-corrected chi connectivity index (χ0v) is 14.9. The van der Waals surface area contributed by atoms with Crippen LogP contribution < -0.4 is 10.1 Å². The highest BCUT2D eigenvalue weighted by molar-refractivity contribution is 6.30. The van der Waals surface area contributed by atoms with Gasteiger partial charge in [0, 0.05) is 5.02 Å². The normalized spacial score (nSPS) is 10.8. The zero-order chi connectivity index (χ0) is 18.7. The van der Waals surface area contributed by atoms with Crippen LogP contribution in [-0.4, -0.2) is 27.8 Å². The van der Waals surface area contributed by atoms with E-state index in [9.17, 15) is 9.59 Å². The Morgan fingerprint density at radius 2 is 1.92 bits per heavy atom. The van der Waals surface area contributed by atoms with Crippen LogP contribution >= 0.6 is 11.6 Å². The molecule has 0 radical (unpaired) electrons. The lowest BCUT2D eigenvalue weighted by molar-refractivity contribution is 0.129. The van der Waals surface area contributed by atoms with E-state index in [2.05, 4.69) is 10.3 Å². The van der Waals surface area contributed by atoms with Gasteiger partial charge < -0.3 is 9.47 Å². The molecule has 0 aliphatic heterocycles. The van der Waals surface area contributed by atoms with E-state index in [0.29, 0.717) is 16.1 Å². The Labute approximate surface area is 154 Å². The zero-order valence-electron chi connectivity index (χ0n) is 14.1. The van der Waals surface area contributed by atoms with Gasteiger partial charge in [-0.2, -0.15) is 0 Å². The van der Waals surface area contributed by atoms with Gasteiger partial charge in [-0.3, -0.25) is 5.32 Å². The molecule has 134 valence electrons. The third kappa shape index (κ3) is 3.94. The molecule has 1 N–H and O–H groups in total. The van der Waals surface area contributed by atoms with E-state index in [4.69, 9.17) is 21.1 Å². The number of imidazole rings is 1. The summed E-state index contributed by atoms with van der Waals surface area (Å²) in [6, 6.07) is 13.4. The summed E-state index contributed by atoms with van der Waals surface area (Å²) in [5.41, 5.74) is 1.01. The Morgan fingerprint density at radius 3 is 2.65 bits per heavy atom. The standard InChI is InChI=1S/C18H16ClN3O4/c1-11(2)25-17(23)21-16-20-14-8-3-4-9-15(14)22(16)18(24)26-13-7-5-6-12(19)10-13/h3-11H,1-2H3,(H,20,21,23). The van der Waals surface area contributed by atoms with Crippen molar-refractivity contribution in [3.05, 3.63) is 53.6 Å². The van der Waals surface area contributed by atoms with E-state index in [-0.39, 0.29) is 17.8 Å². The summed E-state index contributed by atoms with van der Waals surface area (Å²) in [6.07, 6.45) is -1.76. The van der Waals surface area contributed by atoms with Crippen molar-refractivity contribution in [3.63, 3.8) is 0 Å². The number of ether oxygens (including phenoxy) is 2. The number of rotatable bonds is 3. The second-order valence-corrected chi connectivity index (χ2v) is 6.10. The quantitative estimate of drug-likeness (QED) is 0.719. The molecule has 2 aromatic carbocycles. The molecule has 26 heavy (non-hydrogen) atoms. The maximum atomic E-state index is 12.7. The first-order valence-electron chi connectivity index (χ1n) is 7.87. The molecule has 0 aliphatic rings. The lowest BCUT2D eigenvalue weighted by Gasteiger charge is -2.11. The molecule has 3 rings (SSSR count). The highest BCUT2D eigenvalue weighted by Gasteiger charge is 2.21. The molecule has 0 saturated carbocycles. The Hall–Kier alpha value is -3.06. The fourth-order valence-corrected chi connectivity index (χ4v) is 2.49. The molecule has 0 bridgehead atoms. The van der Waals surface area contributed by atoms with Gasteiger partial charge in [-0.15, -0.1) is 0 Å². The minimum Gasteiger partial charge on any atom is -0.447 e.